The van der Waals surface area contributed by atoms with Gasteiger partial charge >= 0.3 is 11.8 Å². The van der Waals surface area contributed by atoms with Crippen LogP contribution < -0.4 is 16.6 Å². The summed E-state index contributed by atoms with van der Waals surface area (Å²) < 4.78 is 0. The molecule has 0 fully saturated rings. The third-order valence-electron chi connectivity index (χ3n) is 2.26. The lowest BCUT2D eigenvalue weighted by molar-refractivity contribution is -0.139. The van der Waals surface area contributed by atoms with Gasteiger partial charge in [-0.2, -0.15) is 0 Å². The molecule has 1 rings (SSSR count). The molecule has 2 amide bonds. The van der Waals surface area contributed by atoms with Crippen molar-refractivity contribution < 1.29 is 9.59 Å². The molecule has 1 aromatic carbocycles. The van der Waals surface area contributed by atoms with Crippen molar-refractivity contribution in [2.24, 2.45) is 5.84 Å². The van der Waals surface area contributed by atoms with Crippen LogP contribution in [-0.2, 0) is 9.59 Å². The molecule has 0 saturated heterocycles. The summed E-state index contributed by atoms with van der Waals surface area (Å²) >= 11 is 0. The van der Waals surface area contributed by atoms with Crippen molar-refractivity contribution in [2.75, 3.05) is 0 Å². The van der Waals surface area contributed by atoms with Gasteiger partial charge in [-0.3, -0.25) is 15.0 Å². The van der Waals surface area contributed by atoms with Gasteiger partial charge in [0.25, 0.3) is 0 Å². The van der Waals surface area contributed by atoms with Crippen LogP contribution in [0.3, 0.4) is 0 Å². The Morgan fingerprint density at radius 3 is 2.25 bits per heavy atom. The zero-order chi connectivity index (χ0) is 12.1. The summed E-state index contributed by atoms with van der Waals surface area (Å²) in [6.07, 6.45) is 0. The van der Waals surface area contributed by atoms with Gasteiger partial charge in [0, 0.05) is 0 Å². The smallest absolute Gasteiger partial charge is 0.323 e. The monoisotopic (exact) mass is 221 g/mol. The van der Waals surface area contributed by atoms with Gasteiger partial charge in [-0.05, 0) is 19.4 Å². The van der Waals surface area contributed by atoms with E-state index in [1.807, 2.05) is 31.2 Å². The summed E-state index contributed by atoms with van der Waals surface area (Å²) in [7, 11) is 0. The fourth-order valence-electron chi connectivity index (χ4n) is 1.27. The number of rotatable bonds is 2. The number of hydrogen-bond acceptors (Lipinski definition) is 3. The number of nitrogens with two attached hydrogens (primary N) is 1. The van der Waals surface area contributed by atoms with Crippen LogP contribution in [0.1, 0.15) is 24.1 Å². The molecule has 0 saturated carbocycles. The molecule has 0 spiro atoms. The van der Waals surface area contributed by atoms with Gasteiger partial charge < -0.3 is 5.32 Å². The van der Waals surface area contributed by atoms with Gasteiger partial charge in [-0.1, -0.05) is 29.8 Å². The highest BCUT2D eigenvalue weighted by Crippen LogP contribution is 2.12. The van der Waals surface area contributed by atoms with Gasteiger partial charge in [0.2, 0.25) is 0 Å². The highest BCUT2D eigenvalue weighted by Gasteiger charge is 2.15. The zero-order valence-electron chi connectivity index (χ0n) is 9.28. The van der Waals surface area contributed by atoms with Crippen molar-refractivity contribution >= 4 is 11.8 Å². The summed E-state index contributed by atoms with van der Waals surface area (Å²) in [5.41, 5.74) is 3.85. The average Bonchev–Trinajstić information content (AvgIpc) is 2.28. The third kappa shape index (κ3) is 3.06. The Hall–Kier alpha value is -1.88. The molecule has 16 heavy (non-hydrogen) atoms. The van der Waals surface area contributed by atoms with E-state index in [1.54, 1.807) is 12.3 Å². The Balaban J connectivity index is 2.65. The summed E-state index contributed by atoms with van der Waals surface area (Å²) in [5.74, 6) is 3.26. The first-order chi connectivity index (χ1) is 7.54. The van der Waals surface area contributed by atoms with Crippen molar-refractivity contribution in [2.45, 2.75) is 19.9 Å². The van der Waals surface area contributed by atoms with Crippen molar-refractivity contribution in [1.29, 1.82) is 0 Å². The van der Waals surface area contributed by atoms with E-state index in [0.717, 1.165) is 11.1 Å². The number of carbonyl (C=O) groups excluding carboxylic acids is 2. The molecule has 0 aliphatic rings. The molecule has 5 heteroatoms. The number of hydrazine groups is 1. The van der Waals surface area contributed by atoms with Crippen LogP contribution in [-0.4, -0.2) is 11.8 Å². The lowest BCUT2D eigenvalue weighted by atomic mass is 10.1. The summed E-state index contributed by atoms with van der Waals surface area (Å²) in [4.78, 5) is 22.1. The molecule has 0 heterocycles. The molecule has 0 radical (unpaired) electrons. The molecule has 5 nitrogen and oxygen atoms in total. The third-order valence-corrected chi connectivity index (χ3v) is 2.26. The lowest BCUT2D eigenvalue weighted by Gasteiger charge is -2.13. The molecule has 1 aromatic rings. The molecule has 0 bridgehead atoms. The molecule has 0 aliphatic carbocycles. The van der Waals surface area contributed by atoms with Crippen molar-refractivity contribution in [3.8, 4) is 0 Å². The lowest BCUT2D eigenvalue weighted by Crippen LogP contribution is -2.43. The topological polar surface area (TPSA) is 84.2 Å². The Bertz CT molecular complexity index is 387. The van der Waals surface area contributed by atoms with Crippen molar-refractivity contribution in [1.82, 2.24) is 10.7 Å². The molecule has 1 unspecified atom stereocenters. The Morgan fingerprint density at radius 2 is 1.75 bits per heavy atom. The Kier molecular flexibility index (Phi) is 4.02. The summed E-state index contributed by atoms with van der Waals surface area (Å²) in [6.45, 7) is 3.78. The predicted molar refractivity (Wildman–Crippen MR) is 60.1 cm³/mol. The number of nitrogens with one attached hydrogen (secondary N) is 2. The van der Waals surface area contributed by atoms with Crippen LogP contribution in [0.4, 0.5) is 0 Å². The number of benzene rings is 1. The predicted octanol–water partition coefficient (Wildman–Crippen LogP) is 0.162. The van der Waals surface area contributed by atoms with Crippen LogP contribution in [0.15, 0.2) is 24.3 Å². The first-order valence-corrected chi connectivity index (χ1v) is 4.92. The van der Waals surface area contributed by atoms with Gasteiger partial charge in [0.05, 0.1) is 6.04 Å². The van der Waals surface area contributed by atoms with Gasteiger partial charge in [0.1, 0.15) is 0 Å². The fraction of sp³-hybridized carbons (Fsp3) is 0.273. The largest absolute Gasteiger partial charge is 0.341 e. The van der Waals surface area contributed by atoms with Gasteiger partial charge in [-0.25, -0.2) is 5.84 Å². The van der Waals surface area contributed by atoms with Crippen LogP contribution in [0, 0.1) is 6.92 Å². The van der Waals surface area contributed by atoms with E-state index >= 15 is 0 Å². The average molecular weight is 221 g/mol. The summed E-state index contributed by atoms with van der Waals surface area (Å²) in [5, 5.41) is 2.54. The molecule has 86 valence electrons. The number of amides is 2. The van der Waals surface area contributed by atoms with Crippen LogP contribution >= 0.6 is 0 Å². The highest BCUT2D eigenvalue weighted by atomic mass is 16.2. The standard InChI is InChI=1S/C11H15N3O2/c1-7-3-5-9(6-4-7)8(2)13-10(15)11(16)14-12/h3-6,8H,12H2,1-2H3,(H,13,15)(H,14,16). The maximum Gasteiger partial charge on any atom is 0.323 e. The van der Waals surface area contributed by atoms with Gasteiger partial charge in [0.15, 0.2) is 0 Å². The number of carbonyl (C=O) groups is 2. The first kappa shape index (κ1) is 12.2. The zero-order valence-corrected chi connectivity index (χ0v) is 9.28. The minimum Gasteiger partial charge on any atom is -0.341 e. The Morgan fingerprint density at radius 1 is 1.19 bits per heavy atom. The number of aryl methyl sites for hydroxylation is 1. The van der Waals surface area contributed by atoms with E-state index in [-0.39, 0.29) is 6.04 Å². The van der Waals surface area contributed by atoms with Crippen molar-refractivity contribution in [3.05, 3.63) is 35.4 Å². The van der Waals surface area contributed by atoms with E-state index in [2.05, 4.69) is 5.32 Å². The summed E-state index contributed by atoms with van der Waals surface area (Å²) in [6, 6.07) is 7.47. The van der Waals surface area contributed by atoms with E-state index in [9.17, 15) is 9.59 Å². The Labute approximate surface area is 94.0 Å². The van der Waals surface area contributed by atoms with Crippen molar-refractivity contribution in [3.63, 3.8) is 0 Å². The maximum atomic E-state index is 11.2. The normalized spacial score (nSPS) is 11.7. The van der Waals surface area contributed by atoms with E-state index in [1.165, 1.54) is 0 Å². The second-order valence-electron chi connectivity index (χ2n) is 3.58. The SMILES string of the molecule is Cc1ccc(C(C)NC(=O)C(=O)NN)cc1. The quantitative estimate of drug-likeness (QED) is 0.288. The second-order valence-corrected chi connectivity index (χ2v) is 3.58. The van der Waals surface area contributed by atoms with E-state index in [4.69, 9.17) is 5.84 Å². The molecule has 0 aromatic heterocycles. The molecular weight excluding hydrogens is 206 g/mol. The number of hydrogen-bond donors (Lipinski definition) is 3. The highest BCUT2D eigenvalue weighted by molar-refractivity contribution is 6.34. The van der Waals surface area contributed by atoms with Gasteiger partial charge in [-0.15, -0.1) is 0 Å². The van der Waals surface area contributed by atoms with Crippen LogP contribution in [0.2, 0.25) is 0 Å². The van der Waals surface area contributed by atoms with E-state index < -0.39 is 11.8 Å². The van der Waals surface area contributed by atoms with Crippen LogP contribution in [0.5, 0.6) is 0 Å². The molecular formula is C11H15N3O2. The minimum atomic E-state index is -0.848. The van der Waals surface area contributed by atoms with E-state index in [0.29, 0.717) is 0 Å². The molecule has 0 aliphatic heterocycles. The molecule has 1 atom stereocenters. The minimum absolute atomic E-state index is 0.231. The first-order valence-electron chi connectivity index (χ1n) is 4.92. The fourth-order valence-corrected chi connectivity index (χ4v) is 1.27. The second kappa shape index (κ2) is 5.27. The van der Waals surface area contributed by atoms with Crippen LogP contribution in [0.25, 0.3) is 0 Å². The molecule has 4 N–H and O–H groups in total. The maximum absolute atomic E-state index is 11.2.